The van der Waals surface area contributed by atoms with Crippen LogP contribution < -0.4 is 10.6 Å². The molecule has 22 heavy (non-hydrogen) atoms. The van der Waals surface area contributed by atoms with Crippen molar-refractivity contribution in [1.82, 2.24) is 9.97 Å². The van der Waals surface area contributed by atoms with Gasteiger partial charge in [0, 0.05) is 19.2 Å². The molecule has 4 nitrogen and oxygen atoms in total. The topological polar surface area (TPSA) is 49.8 Å². The zero-order chi connectivity index (χ0) is 15.6. The highest BCUT2D eigenvalue weighted by atomic mass is 15.1. The summed E-state index contributed by atoms with van der Waals surface area (Å²) in [5.41, 5.74) is 1.38. The number of hydrogen-bond acceptors (Lipinski definition) is 4. The maximum absolute atomic E-state index is 4.26. The van der Waals surface area contributed by atoms with E-state index in [9.17, 15) is 0 Å². The summed E-state index contributed by atoms with van der Waals surface area (Å²) >= 11 is 0. The number of benzene rings is 1. The molecule has 0 aliphatic carbocycles. The summed E-state index contributed by atoms with van der Waals surface area (Å²) in [6.07, 6.45) is 4.92. The van der Waals surface area contributed by atoms with Crippen LogP contribution in [0.2, 0.25) is 0 Å². The van der Waals surface area contributed by atoms with E-state index in [1.807, 2.05) is 6.07 Å². The van der Waals surface area contributed by atoms with Gasteiger partial charge in [0.25, 0.3) is 0 Å². The van der Waals surface area contributed by atoms with Crippen LogP contribution in [0, 0.1) is 5.92 Å². The van der Waals surface area contributed by atoms with Crippen molar-refractivity contribution in [1.29, 1.82) is 0 Å². The molecule has 2 rings (SSSR count). The Hall–Kier alpha value is -2.10. The standard InChI is InChI=1S/C18H26N4/c1-15(2)10-12-20-18-13-17(21-14-22-18)19-11-6-9-16-7-4-3-5-8-16/h3-5,7-8,13-15H,6,9-12H2,1-2H3,(H2,19,20,21,22). The first-order valence-corrected chi connectivity index (χ1v) is 8.08. The van der Waals surface area contributed by atoms with E-state index in [0.717, 1.165) is 44.0 Å². The molecule has 1 aromatic heterocycles. The van der Waals surface area contributed by atoms with E-state index in [4.69, 9.17) is 0 Å². The summed E-state index contributed by atoms with van der Waals surface area (Å²) in [5, 5.41) is 6.70. The van der Waals surface area contributed by atoms with Crippen molar-refractivity contribution in [3.05, 3.63) is 48.3 Å². The third-order valence-electron chi connectivity index (χ3n) is 3.49. The smallest absolute Gasteiger partial charge is 0.131 e. The van der Waals surface area contributed by atoms with Crippen LogP contribution in [0.5, 0.6) is 0 Å². The first kappa shape index (κ1) is 16.3. The van der Waals surface area contributed by atoms with Crippen molar-refractivity contribution < 1.29 is 0 Å². The fraction of sp³-hybridized carbons (Fsp3) is 0.444. The van der Waals surface area contributed by atoms with Crippen LogP contribution >= 0.6 is 0 Å². The Balaban J connectivity index is 1.71. The Morgan fingerprint density at radius 1 is 0.955 bits per heavy atom. The zero-order valence-electron chi connectivity index (χ0n) is 13.5. The second-order valence-corrected chi connectivity index (χ2v) is 5.91. The zero-order valence-corrected chi connectivity index (χ0v) is 13.5. The highest BCUT2D eigenvalue weighted by Crippen LogP contribution is 2.10. The fourth-order valence-corrected chi connectivity index (χ4v) is 2.19. The number of hydrogen-bond donors (Lipinski definition) is 2. The lowest BCUT2D eigenvalue weighted by Gasteiger charge is -2.09. The number of nitrogens with zero attached hydrogens (tertiary/aromatic N) is 2. The maximum atomic E-state index is 4.26. The molecule has 0 aliphatic rings. The molecule has 0 radical (unpaired) electrons. The Labute approximate surface area is 133 Å². The summed E-state index contributed by atoms with van der Waals surface area (Å²) in [5.74, 6) is 2.47. The summed E-state index contributed by atoms with van der Waals surface area (Å²) in [4.78, 5) is 8.51. The van der Waals surface area contributed by atoms with Crippen molar-refractivity contribution >= 4 is 11.6 Å². The molecular formula is C18H26N4. The Kier molecular flexibility index (Phi) is 6.68. The highest BCUT2D eigenvalue weighted by molar-refractivity contribution is 5.46. The Morgan fingerprint density at radius 3 is 2.32 bits per heavy atom. The first-order valence-electron chi connectivity index (χ1n) is 8.08. The van der Waals surface area contributed by atoms with E-state index in [-0.39, 0.29) is 0 Å². The van der Waals surface area contributed by atoms with Gasteiger partial charge in [-0.3, -0.25) is 0 Å². The minimum Gasteiger partial charge on any atom is -0.370 e. The van der Waals surface area contributed by atoms with Crippen molar-refractivity contribution in [3.8, 4) is 0 Å². The molecule has 1 heterocycles. The monoisotopic (exact) mass is 298 g/mol. The van der Waals surface area contributed by atoms with Crippen molar-refractivity contribution in [2.45, 2.75) is 33.1 Å². The van der Waals surface area contributed by atoms with Gasteiger partial charge in [-0.05, 0) is 30.7 Å². The molecule has 0 saturated heterocycles. The molecule has 0 fully saturated rings. The average Bonchev–Trinajstić information content (AvgIpc) is 2.53. The molecular weight excluding hydrogens is 272 g/mol. The number of rotatable bonds is 9. The number of nitrogens with one attached hydrogen (secondary N) is 2. The van der Waals surface area contributed by atoms with Crippen LogP contribution in [-0.2, 0) is 6.42 Å². The minimum atomic E-state index is 0.699. The SMILES string of the molecule is CC(C)CCNc1cc(NCCCc2ccccc2)ncn1. The molecule has 2 aromatic rings. The summed E-state index contributed by atoms with van der Waals surface area (Å²) in [7, 11) is 0. The van der Waals surface area contributed by atoms with Gasteiger partial charge in [0.1, 0.15) is 18.0 Å². The van der Waals surface area contributed by atoms with E-state index in [1.165, 1.54) is 5.56 Å². The van der Waals surface area contributed by atoms with Crippen LogP contribution in [0.3, 0.4) is 0 Å². The fourth-order valence-electron chi connectivity index (χ4n) is 2.19. The van der Waals surface area contributed by atoms with E-state index in [0.29, 0.717) is 5.92 Å². The van der Waals surface area contributed by atoms with Crippen LogP contribution in [0.1, 0.15) is 32.3 Å². The lowest BCUT2D eigenvalue weighted by atomic mass is 10.1. The summed E-state index contributed by atoms with van der Waals surface area (Å²) < 4.78 is 0. The van der Waals surface area contributed by atoms with E-state index < -0.39 is 0 Å². The lowest BCUT2D eigenvalue weighted by Crippen LogP contribution is -2.08. The van der Waals surface area contributed by atoms with Gasteiger partial charge < -0.3 is 10.6 Å². The molecule has 0 atom stereocenters. The van der Waals surface area contributed by atoms with E-state index in [2.05, 4.69) is 64.8 Å². The number of aromatic nitrogens is 2. The Bertz CT molecular complexity index is 540. The van der Waals surface area contributed by atoms with E-state index >= 15 is 0 Å². The van der Waals surface area contributed by atoms with Crippen molar-refractivity contribution in [3.63, 3.8) is 0 Å². The molecule has 0 bridgehead atoms. The first-order chi connectivity index (χ1) is 10.7. The minimum absolute atomic E-state index is 0.699. The summed E-state index contributed by atoms with van der Waals surface area (Å²) in [6, 6.07) is 12.5. The molecule has 4 heteroatoms. The average molecular weight is 298 g/mol. The molecule has 0 unspecified atom stereocenters. The maximum Gasteiger partial charge on any atom is 0.131 e. The lowest BCUT2D eigenvalue weighted by molar-refractivity contribution is 0.606. The van der Waals surface area contributed by atoms with E-state index in [1.54, 1.807) is 6.33 Å². The van der Waals surface area contributed by atoms with Gasteiger partial charge >= 0.3 is 0 Å². The molecule has 0 saturated carbocycles. The molecule has 0 amide bonds. The molecule has 2 N–H and O–H groups in total. The predicted molar refractivity (Wildman–Crippen MR) is 93.2 cm³/mol. The van der Waals surface area contributed by atoms with Gasteiger partial charge in [-0.1, -0.05) is 44.2 Å². The van der Waals surface area contributed by atoms with Crippen LogP contribution in [0.15, 0.2) is 42.7 Å². The largest absolute Gasteiger partial charge is 0.370 e. The third-order valence-corrected chi connectivity index (χ3v) is 3.49. The molecule has 1 aromatic carbocycles. The third kappa shape index (κ3) is 6.12. The number of aryl methyl sites for hydroxylation is 1. The van der Waals surface area contributed by atoms with Gasteiger partial charge in [0.15, 0.2) is 0 Å². The quantitative estimate of drug-likeness (QED) is 0.688. The van der Waals surface area contributed by atoms with Crippen LogP contribution in [0.25, 0.3) is 0 Å². The number of anilines is 2. The molecule has 0 spiro atoms. The summed E-state index contributed by atoms with van der Waals surface area (Å²) in [6.45, 7) is 6.31. The molecule has 0 aliphatic heterocycles. The van der Waals surface area contributed by atoms with Gasteiger partial charge in [-0.2, -0.15) is 0 Å². The highest BCUT2D eigenvalue weighted by Gasteiger charge is 1.99. The molecule has 118 valence electrons. The predicted octanol–water partition coefficient (Wildman–Crippen LogP) is 3.98. The van der Waals surface area contributed by atoms with Crippen molar-refractivity contribution in [2.24, 2.45) is 5.92 Å². The van der Waals surface area contributed by atoms with Crippen LogP contribution in [-0.4, -0.2) is 23.1 Å². The van der Waals surface area contributed by atoms with Gasteiger partial charge in [0.05, 0.1) is 0 Å². The van der Waals surface area contributed by atoms with Gasteiger partial charge in [-0.25, -0.2) is 9.97 Å². The Morgan fingerprint density at radius 2 is 1.64 bits per heavy atom. The van der Waals surface area contributed by atoms with Crippen molar-refractivity contribution in [2.75, 3.05) is 23.7 Å². The van der Waals surface area contributed by atoms with Gasteiger partial charge in [-0.15, -0.1) is 0 Å². The second kappa shape index (κ2) is 9.03. The normalized spacial score (nSPS) is 10.7. The second-order valence-electron chi connectivity index (χ2n) is 5.91. The van der Waals surface area contributed by atoms with Crippen LogP contribution in [0.4, 0.5) is 11.6 Å². The van der Waals surface area contributed by atoms with Gasteiger partial charge in [0.2, 0.25) is 0 Å².